The summed E-state index contributed by atoms with van der Waals surface area (Å²) in [4.78, 5) is 4.14. The number of imidazole rings is 1. The van der Waals surface area contributed by atoms with Gasteiger partial charge in [-0.15, -0.1) is 0 Å². The van der Waals surface area contributed by atoms with Gasteiger partial charge in [0.1, 0.15) is 5.82 Å². The molecule has 1 aromatic rings. The molecule has 1 aromatic heterocycles. The van der Waals surface area contributed by atoms with Crippen LogP contribution >= 0.6 is 0 Å². The highest BCUT2D eigenvalue weighted by Crippen LogP contribution is 2.07. The Morgan fingerprint density at radius 3 is 2.64 bits per heavy atom. The molecule has 1 rings (SSSR count). The maximum atomic E-state index is 9.52. The van der Waals surface area contributed by atoms with Crippen LogP contribution in [0.5, 0.6) is 0 Å². The molecule has 0 aliphatic rings. The van der Waals surface area contributed by atoms with Gasteiger partial charge in [0.15, 0.2) is 0 Å². The van der Waals surface area contributed by atoms with Crippen molar-refractivity contribution in [1.29, 1.82) is 0 Å². The largest absolute Gasteiger partial charge is 0.390 e. The fourth-order valence-electron chi connectivity index (χ4n) is 1.38. The predicted octanol–water partition coefficient (Wildman–Crippen LogP) is 0.484. The Kier molecular flexibility index (Phi) is 4.10. The fourth-order valence-corrected chi connectivity index (χ4v) is 1.38. The zero-order chi connectivity index (χ0) is 10.6. The Balaban J connectivity index is 2.37. The minimum Gasteiger partial charge on any atom is -0.390 e. The summed E-state index contributed by atoms with van der Waals surface area (Å²) in [6.07, 6.45) is 4.19. The second-order valence-corrected chi connectivity index (χ2v) is 3.54. The highest BCUT2D eigenvalue weighted by molar-refractivity contribution is 4.91. The van der Waals surface area contributed by atoms with Gasteiger partial charge in [0.25, 0.3) is 0 Å². The lowest BCUT2D eigenvalue weighted by molar-refractivity contribution is 0.0127. The summed E-state index contributed by atoms with van der Waals surface area (Å²) in [6, 6.07) is 0. The lowest BCUT2D eigenvalue weighted by atomic mass is 10.1. The van der Waals surface area contributed by atoms with Gasteiger partial charge in [0, 0.05) is 25.9 Å². The van der Waals surface area contributed by atoms with Gasteiger partial charge in [0.2, 0.25) is 0 Å². The molecule has 4 nitrogen and oxygen atoms in total. The highest BCUT2D eigenvalue weighted by Gasteiger charge is 2.14. The van der Waals surface area contributed by atoms with E-state index in [4.69, 9.17) is 0 Å². The van der Waals surface area contributed by atoms with Crippen LogP contribution in [0.1, 0.15) is 25.6 Å². The molecule has 0 aliphatic heterocycles. The molecular formula is C10H18N2O2. The van der Waals surface area contributed by atoms with E-state index in [0.29, 0.717) is 19.3 Å². The molecule has 14 heavy (non-hydrogen) atoms. The van der Waals surface area contributed by atoms with Crippen molar-refractivity contribution in [3.05, 3.63) is 18.2 Å². The monoisotopic (exact) mass is 198 g/mol. The lowest BCUT2D eigenvalue weighted by Crippen LogP contribution is -2.25. The number of aryl methyl sites for hydroxylation is 2. The van der Waals surface area contributed by atoms with Gasteiger partial charge in [-0.05, 0) is 12.8 Å². The molecule has 2 N–H and O–H groups in total. The van der Waals surface area contributed by atoms with Crippen LogP contribution in [-0.2, 0) is 13.5 Å². The van der Waals surface area contributed by atoms with E-state index >= 15 is 0 Å². The van der Waals surface area contributed by atoms with Gasteiger partial charge >= 0.3 is 0 Å². The van der Waals surface area contributed by atoms with E-state index in [1.165, 1.54) is 0 Å². The van der Waals surface area contributed by atoms with Gasteiger partial charge in [0.05, 0.1) is 12.2 Å². The molecule has 0 spiro atoms. The van der Waals surface area contributed by atoms with Crippen molar-refractivity contribution >= 4 is 0 Å². The van der Waals surface area contributed by atoms with Crippen molar-refractivity contribution < 1.29 is 10.2 Å². The second kappa shape index (κ2) is 5.12. The van der Waals surface area contributed by atoms with Crippen molar-refractivity contribution in [2.75, 3.05) is 0 Å². The topological polar surface area (TPSA) is 58.3 Å². The summed E-state index contributed by atoms with van der Waals surface area (Å²) in [5.41, 5.74) is 0. The van der Waals surface area contributed by atoms with Crippen molar-refractivity contribution in [2.45, 2.75) is 38.4 Å². The Morgan fingerprint density at radius 2 is 2.14 bits per heavy atom. The summed E-state index contributed by atoms with van der Waals surface area (Å²) < 4.78 is 1.92. The Hall–Kier alpha value is -0.870. The first-order chi connectivity index (χ1) is 6.65. The predicted molar refractivity (Wildman–Crippen MR) is 53.8 cm³/mol. The van der Waals surface area contributed by atoms with Crippen LogP contribution in [0.15, 0.2) is 12.4 Å². The molecule has 2 unspecified atom stereocenters. The smallest absolute Gasteiger partial charge is 0.108 e. The van der Waals surface area contributed by atoms with Crippen LogP contribution in [0.3, 0.4) is 0 Å². The molecule has 0 radical (unpaired) electrons. The standard InChI is InChI=1S/C10H18N2O2/c1-3-8(13)9(14)4-5-10-11-6-7-12(10)2/h6-9,13-14H,3-5H2,1-2H3. The zero-order valence-electron chi connectivity index (χ0n) is 8.72. The first-order valence-electron chi connectivity index (χ1n) is 4.97. The maximum absolute atomic E-state index is 9.52. The van der Waals surface area contributed by atoms with Gasteiger partial charge in [-0.25, -0.2) is 4.98 Å². The van der Waals surface area contributed by atoms with Crippen molar-refractivity contribution in [3.8, 4) is 0 Å². The molecule has 1 heterocycles. The van der Waals surface area contributed by atoms with Crippen LogP contribution in [0.4, 0.5) is 0 Å². The Morgan fingerprint density at radius 1 is 1.43 bits per heavy atom. The molecule has 80 valence electrons. The summed E-state index contributed by atoms with van der Waals surface area (Å²) >= 11 is 0. The number of aliphatic hydroxyl groups is 2. The molecule has 0 amide bonds. The summed E-state index contributed by atoms with van der Waals surface area (Å²) in [5, 5.41) is 18.9. The summed E-state index contributed by atoms with van der Waals surface area (Å²) in [5.74, 6) is 0.937. The fraction of sp³-hybridized carbons (Fsp3) is 0.700. The van der Waals surface area contributed by atoms with Gasteiger partial charge in [-0.3, -0.25) is 0 Å². The van der Waals surface area contributed by atoms with Gasteiger partial charge in [-0.1, -0.05) is 6.92 Å². The van der Waals surface area contributed by atoms with E-state index in [1.807, 2.05) is 24.7 Å². The van der Waals surface area contributed by atoms with Gasteiger partial charge in [-0.2, -0.15) is 0 Å². The molecule has 0 saturated heterocycles. The highest BCUT2D eigenvalue weighted by atomic mass is 16.3. The Bertz CT molecular complexity index is 273. The third kappa shape index (κ3) is 2.82. The minimum absolute atomic E-state index is 0.555. The van der Waals surface area contributed by atoms with E-state index in [1.54, 1.807) is 6.20 Å². The number of hydrogen-bond acceptors (Lipinski definition) is 3. The van der Waals surface area contributed by atoms with Crippen LogP contribution < -0.4 is 0 Å². The third-order valence-electron chi connectivity index (χ3n) is 2.45. The first-order valence-corrected chi connectivity index (χ1v) is 4.97. The number of rotatable bonds is 5. The third-order valence-corrected chi connectivity index (χ3v) is 2.45. The molecule has 0 aliphatic carbocycles. The van der Waals surface area contributed by atoms with Crippen LogP contribution in [-0.4, -0.2) is 32.0 Å². The minimum atomic E-state index is -0.642. The van der Waals surface area contributed by atoms with Crippen LogP contribution in [0, 0.1) is 0 Å². The van der Waals surface area contributed by atoms with Crippen LogP contribution in [0.2, 0.25) is 0 Å². The molecule has 0 fully saturated rings. The number of nitrogens with zero attached hydrogens (tertiary/aromatic N) is 2. The van der Waals surface area contributed by atoms with E-state index in [-0.39, 0.29) is 0 Å². The first kappa shape index (κ1) is 11.2. The lowest BCUT2D eigenvalue weighted by Gasteiger charge is -2.15. The van der Waals surface area contributed by atoms with E-state index in [0.717, 1.165) is 5.82 Å². The summed E-state index contributed by atoms with van der Waals surface area (Å²) in [7, 11) is 1.92. The quantitative estimate of drug-likeness (QED) is 0.723. The number of aromatic nitrogens is 2. The van der Waals surface area contributed by atoms with Crippen molar-refractivity contribution in [2.24, 2.45) is 7.05 Å². The number of hydrogen-bond donors (Lipinski definition) is 2. The molecular weight excluding hydrogens is 180 g/mol. The average molecular weight is 198 g/mol. The number of aliphatic hydroxyl groups excluding tert-OH is 2. The SMILES string of the molecule is CCC(O)C(O)CCc1nccn1C. The van der Waals surface area contributed by atoms with E-state index < -0.39 is 12.2 Å². The second-order valence-electron chi connectivity index (χ2n) is 3.54. The molecule has 2 atom stereocenters. The summed E-state index contributed by atoms with van der Waals surface area (Å²) in [6.45, 7) is 1.86. The molecule has 0 bridgehead atoms. The molecule has 0 saturated carbocycles. The van der Waals surface area contributed by atoms with Crippen molar-refractivity contribution in [1.82, 2.24) is 9.55 Å². The average Bonchev–Trinajstić information content (AvgIpc) is 2.59. The van der Waals surface area contributed by atoms with E-state index in [9.17, 15) is 10.2 Å². The van der Waals surface area contributed by atoms with Gasteiger partial charge < -0.3 is 14.8 Å². The normalized spacial score (nSPS) is 15.4. The molecule has 4 heteroatoms. The van der Waals surface area contributed by atoms with Crippen molar-refractivity contribution in [3.63, 3.8) is 0 Å². The van der Waals surface area contributed by atoms with Crippen LogP contribution in [0.25, 0.3) is 0 Å². The Labute approximate surface area is 84.2 Å². The molecule has 0 aromatic carbocycles. The zero-order valence-corrected chi connectivity index (χ0v) is 8.72. The maximum Gasteiger partial charge on any atom is 0.108 e. The van der Waals surface area contributed by atoms with E-state index in [2.05, 4.69) is 4.98 Å².